The lowest BCUT2D eigenvalue weighted by molar-refractivity contribution is -0.384. The third kappa shape index (κ3) is 5.47. The number of halogens is 1. The van der Waals surface area contributed by atoms with Gasteiger partial charge in [-0.05, 0) is 48.1 Å². The fourth-order valence-corrected chi connectivity index (χ4v) is 5.02. The lowest BCUT2D eigenvalue weighted by atomic mass is 9.83. The van der Waals surface area contributed by atoms with E-state index < -0.39 is 0 Å². The number of nitro benzene ring substituents is 1. The number of hydrogen-bond acceptors (Lipinski definition) is 5. The fraction of sp³-hybridized carbons (Fsp3) is 0.480. The van der Waals surface area contributed by atoms with Crippen molar-refractivity contribution in [2.24, 2.45) is 11.8 Å². The Bertz CT molecular complexity index is 1010. The Kier molecular flexibility index (Phi) is 7.20. The molecule has 176 valence electrons. The van der Waals surface area contributed by atoms with Crippen LogP contribution in [0.3, 0.4) is 0 Å². The molecule has 4 rings (SSSR count). The summed E-state index contributed by atoms with van der Waals surface area (Å²) in [6.07, 6.45) is 1.44. The topological polar surface area (TPSA) is 78.7 Å². The van der Waals surface area contributed by atoms with Crippen LogP contribution in [0.1, 0.15) is 31.4 Å². The highest BCUT2D eigenvalue weighted by molar-refractivity contribution is 6.30. The number of carbonyl (C=O) groups excluding carboxylic acids is 1. The van der Waals surface area contributed by atoms with E-state index in [-0.39, 0.29) is 28.5 Å². The van der Waals surface area contributed by atoms with Crippen LogP contribution in [0.25, 0.3) is 0 Å². The SMILES string of the molecule is CC(C)CCNC(=O)[C@H]1Cc2cc([N+](=O)[O-])ccc2N2CCN(Cc3ccc(Cl)cc3)C[C@H]12. The molecule has 2 aliphatic heterocycles. The predicted molar refractivity (Wildman–Crippen MR) is 131 cm³/mol. The Balaban J connectivity index is 1.56. The van der Waals surface area contributed by atoms with Crippen molar-refractivity contribution in [3.63, 3.8) is 0 Å². The van der Waals surface area contributed by atoms with Crippen molar-refractivity contribution in [1.82, 2.24) is 10.2 Å². The first-order valence-electron chi connectivity index (χ1n) is 11.6. The molecule has 2 aromatic carbocycles. The van der Waals surface area contributed by atoms with Gasteiger partial charge in [-0.1, -0.05) is 37.6 Å². The molecule has 0 spiro atoms. The van der Waals surface area contributed by atoms with E-state index >= 15 is 0 Å². The van der Waals surface area contributed by atoms with Crippen LogP contribution in [-0.4, -0.2) is 48.0 Å². The second-order valence-corrected chi connectivity index (χ2v) is 9.91. The van der Waals surface area contributed by atoms with E-state index in [1.165, 1.54) is 5.56 Å². The molecule has 0 aliphatic carbocycles. The Labute approximate surface area is 199 Å². The number of non-ortho nitro benzene ring substituents is 1. The molecule has 0 unspecified atom stereocenters. The molecule has 1 amide bonds. The molecule has 1 fully saturated rings. The quantitative estimate of drug-likeness (QED) is 0.482. The van der Waals surface area contributed by atoms with Crippen molar-refractivity contribution in [2.75, 3.05) is 31.1 Å². The van der Waals surface area contributed by atoms with Gasteiger partial charge >= 0.3 is 0 Å². The number of fused-ring (bicyclic) bond motifs is 3. The molecule has 2 atom stereocenters. The number of anilines is 1. The van der Waals surface area contributed by atoms with Gasteiger partial charge in [-0.2, -0.15) is 0 Å². The average molecular weight is 471 g/mol. The third-order valence-electron chi connectivity index (χ3n) is 6.67. The molecule has 2 aliphatic rings. The van der Waals surface area contributed by atoms with Gasteiger partial charge in [0.1, 0.15) is 0 Å². The van der Waals surface area contributed by atoms with Crippen molar-refractivity contribution in [3.8, 4) is 0 Å². The van der Waals surface area contributed by atoms with Crippen LogP contribution in [0.2, 0.25) is 5.02 Å². The summed E-state index contributed by atoms with van der Waals surface area (Å²) in [5, 5.41) is 15.2. The minimum Gasteiger partial charge on any atom is -0.365 e. The Hall–Kier alpha value is -2.64. The fourth-order valence-electron chi connectivity index (χ4n) is 4.89. The van der Waals surface area contributed by atoms with Gasteiger partial charge < -0.3 is 10.2 Å². The largest absolute Gasteiger partial charge is 0.365 e. The van der Waals surface area contributed by atoms with Crippen LogP contribution < -0.4 is 10.2 Å². The second kappa shape index (κ2) is 10.1. The average Bonchev–Trinajstić information content (AvgIpc) is 2.79. The minimum absolute atomic E-state index is 0.0269. The van der Waals surface area contributed by atoms with E-state index in [2.05, 4.69) is 29.0 Å². The molecule has 33 heavy (non-hydrogen) atoms. The highest BCUT2D eigenvalue weighted by Gasteiger charge is 2.41. The summed E-state index contributed by atoms with van der Waals surface area (Å²) in [6, 6.07) is 13.0. The maximum atomic E-state index is 13.3. The normalized spacial score (nSPS) is 20.3. The van der Waals surface area contributed by atoms with E-state index in [0.29, 0.717) is 18.9 Å². The van der Waals surface area contributed by atoms with Crippen LogP contribution in [0, 0.1) is 22.0 Å². The molecule has 8 heteroatoms. The van der Waals surface area contributed by atoms with E-state index in [1.807, 2.05) is 30.3 Å². The molecule has 2 aromatic rings. The maximum absolute atomic E-state index is 13.3. The number of nitrogens with zero attached hydrogens (tertiary/aromatic N) is 3. The minimum atomic E-state index is -0.367. The summed E-state index contributed by atoms with van der Waals surface area (Å²) in [7, 11) is 0. The molecule has 7 nitrogen and oxygen atoms in total. The lowest BCUT2D eigenvalue weighted by Gasteiger charge is -2.49. The molecular formula is C25H31ClN4O3. The highest BCUT2D eigenvalue weighted by Crippen LogP contribution is 2.38. The zero-order valence-corrected chi connectivity index (χ0v) is 19.9. The zero-order valence-electron chi connectivity index (χ0n) is 19.2. The van der Waals surface area contributed by atoms with Crippen LogP contribution in [0.5, 0.6) is 0 Å². The first kappa shape index (κ1) is 23.5. The second-order valence-electron chi connectivity index (χ2n) is 9.48. The summed E-state index contributed by atoms with van der Waals surface area (Å²) in [4.78, 5) is 28.9. The number of hydrogen-bond donors (Lipinski definition) is 1. The van der Waals surface area contributed by atoms with Crippen LogP contribution in [-0.2, 0) is 17.8 Å². The summed E-state index contributed by atoms with van der Waals surface area (Å²) in [6.45, 7) is 8.13. The van der Waals surface area contributed by atoms with Crippen LogP contribution in [0.15, 0.2) is 42.5 Å². The van der Waals surface area contributed by atoms with Crippen molar-refractivity contribution < 1.29 is 9.72 Å². The van der Waals surface area contributed by atoms with Gasteiger partial charge in [-0.25, -0.2) is 0 Å². The van der Waals surface area contributed by atoms with Gasteiger partial charge in [-0.15, -0.1) is 0 Å². The number of nitrogens with one attached hydrogen (secondary N) is 1. The molecule has 0 bridgehead atoms. The summed E-state index contributed by atoms with van der Waals surface area (Å²) in [5.41, 5.74) is 3.17. The predicted octanol–water partition coefficient (Wildman–Crippen LogP) is 4.27. The Morgan fingerprint density at radius 3 is 2.67 bits per heavy atom. The monoisotopic (exact) mass is 470 g/mol. The lowest BCUT2D eigenvalue weighted by Crippen LogP contribution is -2.60. The molecular weight excluding hydrogens is 440 g/mol. The van der Waals surface area contributed by atoms with E-state index in [1.54, 1.807) is 12.1 Å². The maximum Gasteiger partial charge on any atom is 0.269 e. The highest BCUT2D eigenvalue weighted by atomic mass is 35.5. The van der Waals surface area contributed by atoms with Crippen molar-refractivity contribution in [2.45, 2.75) is 39.3 Å². The van der Waals surface area contributed by atoms with Crippen molar-refractivity contribution >= 4 is 28.9 Å². The zero-order chi connectivity index (χ0) is 23.5. The smallest absolute Gasteiger partial charge is 0.269 e. The summed E-state index contributed by atoms with van der Waals surface area (Å²) >= 11 is 6.03. The van der Waals surface area contributed by atoms with Crippen LogP contribution in [0.4, 0.5) is 11.4 Å². The molecule has 1 saturated heterocycles. The number of benzene rings is 2. The van der Waals surface area contributed by atoms with Crippen molar-refractivity contribution in [1.29, 1.82) is 0 Å². The van der Waals surface area contributed by atoms with Gasteiger partial charge in [0.25, 0.3) is 5.69 Å². The first-order valence-corrected chi connectivity index (χ1v) is 12.0. The first-order chi connectivity index (χ1) is 15.8. The molecule has 0 saturated carbocycles. The number of amides is 1. The van der Waals surface area contributed by atoms with Gasteiger partial charge in [-0.3, -0.25) is 19.8 Å². The van der Waals surface area contributed by atoms with E-state index in [9.17, 15) is 14.9 Å². The number of carbonyl (C=O) groups is 1. The molecule has 2 heterocycles. The van der Waals surface area contributed by atoms with E-state index in [4.69, 9.17) is 11.6 Å². The van der Waals surface area contributed by atoms with Gasteiger partial charge in [0.15, 0.2) is 0 Å². The van der Waals surface area contributed by atoms with Crippen molar-refractivity contribution in [3.05, 3.63) is 68.7 Å². The van der Waals surface area contributed by atoms with Gasteiger partial charge in [0.05, 0.1) is 16.9 Å². The van der Waals surface area contributed by atoms with Gasteiger partial charge in [0, 0.05) is 55.6 Å². The molecule has 0 aromatic heterocycles. The number of rotatable bonds is 7. The summed E-state index contributed by atoms with van der Waals surface area (Å²) < 4.78 is 0. The summed E-state index contributed by atoms with van der Waals surface area (Å²) in [5.74, 6) is 0.303. The molecule has 1 N–H and O–H groups in total. The number of nitro groups is 1. The van der Waals surface area contributed by atoms with E-state index in [0.717, 1.165) is 48.9 Å². The number of piperazine rings is 1. The third-order valence-corrected chi connectivity index (χ3v) is 6.92. The standard InChI is InChI=1S/C25H31ClN4O3/c1-17(2)9-10-27-25(31)22-14-19-13-21(30(32)33)7-8-23(19)29-12-11-28(16-24(22)29)15-18-3-5-20(26)6-4-18/h3-8,13,17,22,24H,9-12,14-16H2,1-2H3,(H,27,31)/t22-,24+/m0/s1. The van der Waals surface area contributed by atoms with Crippen LogP contribution >= 0.6 is 11.6 Å². The Morgan fingerprint density at radius 2 is 1.97 bits per heavy atom. The Morgan fingerprint density at radius 1 is 1.21 bits per heavy atom. The van der Waals surface area contributed by atoms with Gasteiger partial charge in [0.2, 0.25) is 5.91 Å². The molecule has 0 radical (unpaired) electrons.